The Bertz CT molecular complexity index is 1500. The summed E-state index contributed by atoms with van der Waals surface area (Å²) in [5.41, 5.74) is 2.20. The molecule has 2 N–H and O–H groups in total. The number of nitrogens with zero attached hydrogens (tertiary/aromatic N) is 1. The van der Waals surface area contributed by atoms with E-state index in [0.29, 0.717) is 13.0 Å². The third kappa shape index (κ3) is 4.75. The first-order chi connectivity index (χ1) is 17.5. The van der Waals surface area contributed by atoms with E-state index >= 15 is 0 Å². The first-order valence-corrected chi connectivity index (χ1v) is 12.4. The molecule has 5 aromatic rings. The Morgan fingerprint density at radius 1 is 0.833 bits per heavy atom. The monoisotopic (exact) mass is 478 g/mol. The minimum Gasteiger partial charge on any atom is -0.394 e. The maximum atomic E-state index is 12.8. The summed E-state index contributed by atoms with van der Waals surface area (Å²) >= 11 is 0. The van der Waals surface area contributed by atoms with Crippen molar-refractivity contribution in [2.75, 3.05) is 13.7 Å². The number of aliphatic hydroxyl groups is 1. The van der Waals surface area contributed by atoms with Crippen molar-refractivity contribution < 1.29 is 14.7 Å². The Hall–Kier alpha value is -3.96. The van der Waals surface area contributed by atoms with Gasteiger partial charge >= 0.3 is 0 Å². The van der Waals surface area contributed by atoms with Gasteiger partial charge in [-0.15, -0.1) is 0 Å². The lowest BCUT2D eigenvalue weighted by atomic mass is 9.90. The van der Waals surface area contributed by atoms with Crippen LogP contribution < -0.4 is 5.32 Å². The minimum atomic E-state index is -0.944. The average Bonchev–Trinajstić information content (AvgIpc) is 2.91. The molecule has 5 heteroatoms. The van der Waals surface area contributed by atoms with Crippen LogP contribution in [0.4, 0.5) is 0 Å². The average molecular weight is 479 g/mol. The van der Waals surface area contributed by atoms with Crippen LogP contribution in [-0.2, 0) is 22.6 Å². The minimum absolute atomic E-state index is 0.228. The van der Waals surface area contributed by atoms with Crippen LogP contribution in [0.15, 0.2) is 84.9 Å². The fourth-order valence-corrected chi connectivity index (χ4v) is 5.11. The van der Waals surface area contributed by atoms with Crippen LogP contribution in [0.5, 0.6) is 0 Å². The fourth-order valence-electron chi connectivity index (χ4n) is 5.11. The predicted octanol–water partition coefficient (Wildman–Crippen LogP) is 5.04. The van der Waals surface area contributed by atoms with Crippen LogP contribution in [-0.4, -0.2) is 41.5 Å². The normalized spacial score (nSPS) is 12.3. The van der Waals surface area contributed by atoms with E-state index in [9.17, 15) is 14.7 Å². The van der Waals surface area contributed by atoms with Crippen molar-refractivity contribution in [3.05, 3.63) is 96.1 Å². The Kier molecular flexibility index (Phi) is 6.83. The number of hydrogen-bond acceptors (Lipinski definition) is 3. The van der Waals surface area contributed by atoms with Gasteiger partial charge in [0.15, 0.2) is 0 Å². The molecule has 2 amide bonds. The van der Waals surface area contributed by atoms with Gasteiger partial charge < -0.3 is 15.3 Å². The second-order valence-corrected chi connectivity index (χ2v) is 9.42. The van der Waals surface area contributed by atoms with Crippen LogP contribution in [0.2, 0.25) is 0 Å². The highest BCUT2D eigenvalue weighted by Gasteiger charge is 2.23. The zero-order chi connectivity index (χ0) is 25.1. The topological polar surface area (TPSA) is 69.6 Å². The van der Waals surface area contributed by atoms with E-state index < -0.39 is 12.6 Å². The lowest BCUT2D eigenvalue weighted by Gasteiger charge is -2.23. The third-order valence-corrected chi connectivity index (χ3v) is 6.92. The van der Waals surface area contributed by atoms with E-state index in [0.717, 1.165) is 12.0 Å². The molecule has 0 saturated heterocycles. The molecule has 0 aliphatic carbocycles. The molecular formula is C31H30N2O3. The summed E-state index contributed by atoms with van der Waals surface area (Å²) in [6.07, 6.45) is 1.70. The van der Waals surface area contributed by atoms with Crippen molar-refractivity contribution in [3.8, 4) is 0 Å². The van der Waals surface area contributed by atoms with Crippen LogP contribution in [0, 0.1) is 0 Å². The number of aliphatic hydroxyl groups excluding tert-OH is 1. The maximum absolute atomic E-state index is 12.8. The first-order valence-electron chi connectivity index (χ1n) is 12.4. The quantitative estimate of drug-likeness (QED) is 0.292. The summed E-state index contributed by atoms with van der Waals surface area (Å²) in [6.45, 7) is -0.0145. The van der Waals surface area contributed by atoms with E-state index in [1.165, 1.54) is 42.8 Å². The molecule has 0 aromatic heterocycles. The molecule has 5 nitrogen and oxygen atoms in total. The summed E-state index contributed by atoms with van der Waals surface area (Å²) < 4.78 is 0. The van der Waals surface area contributed by atoms with Gasteiger partial charge in [0.05, 0.1) is 6.61 Å². The number of nitrogens with one attached hydrogen (secondary N) is 1. The molecule has 0 fully saturated rings. The Morgan fingerprint density at radius 2 is 1.50 bits per heavy atom. The Morgan fingerprint density at radius 3 is 2.22 bits per heavy atom. The van der Waals surface area contributed by atoms with E-state index in [1.54, 1.807) is 7.05 Å². The molecule has 0 aliphatic heterocycles. The number of hydrogen-bond donors (Lipinski definition) is 2. The molecule has 0 saturated carbocycles. The van der Waals surface area contributed by atoms with Crippen molar-refractivity contribution >= 4 is 44.1 Å². The van der Waals surface area contributed by atoms with Crippen molar-refractivity contribution in [2.24, 2.45) is 0 Å². The number of amides is 2. The lowest BCUT2D eigenvalue weighted by Crippen LogP contribution is -2.49. The van der Waals surface area contributed by atoms with Gasteiger partial charge in [-0.25, -0.2) is 0 Å². The van der Waals surface area contributed by atoms with Crippen molar-refractivity contribution in [2.45, 2.75) is 31.8 Å². The Balaban J connectivity index is 1.22. The summed E-state index contributed by atoms with van der Waals surface area (Å²) in [5, 5.41) is 20.0. The molecule has 36 heavy (non-hydrogen) atoms. The molecular weight excluding hydrogens is 448 g/mol. The lowest BCUT2D eigenvalue weighted by molar-refractivity contribution is -0.137. The smallest absolute Gasteiger partial charge is 0.247 e. The highest BCUT2D eigenvalue weighted by atomic mass is 16.3. The summed E-state index contributed by atoms with van der Waals surface area (Å²) in [4.78, 5) is 26.9. The zero-order valence-electron chi connectivity index (χ0n) is 20.4. The second kappa shape index (κ2) is 10.3. The number of carbonyl (C=O) groups is 2. The fraction of sp³-hybridized carbons (Fsp3) is 0.226. The van der Waals surface area contributed by atoms with Gasteiger partial charge in [-0.1, -0.05) is 84.9 Å². The van der Waals surface area contributed by atoms with Gasteiger partial charge in [-0.05, 0) is 56.3 Å². The number of carbonyl (C=O) groups excluding carboxylic acids is 2. The van der Waals surface area contributed by atoms with Gasteiger partial charge in [-0.2, -0.15) is 0 Å². The van der Waals surface area contributed by atoms with E-state index in [4.69, 9.17) is 0 Å². The van der Waals surface area contributed by atoms with Crippen LogP contribution in [0.1, 0.15) is 24.0 Å². The molecule has 0 radical (unpaired) electrons. The standard InChI is InChI=1S/C31H30N2O3/c1-33(19-21-7-3-2-4-8-21)31(36)27(20-34)32-28(35)12-6-9-22-13-14-25-16-15-23-10-5-11-24-17-18-26(22)30(25)29(23)24/h2-5,7-8,10-11,13-18,27,34H,6,9,12,19-20H2,1H3,(H,32,35)/t27-/m0/s1. The van der Waals surface area contributed by atoms with E-state index in [1.807, 2.05) is 30.3 Å². The predicted molar refractivity (Wildman–Crippen MR) is 145 cm³/mol. The number of likely N-dealkylation sites (N-methyl/N-ethyl adjacent to an activating group) is 1. The number of benzene rings is 5. The van der Waals surface area contributed by atoms with Gasteiger partial charge in [0.2, 0.25) is 11.8 Å². The Labute approximate surface area is 210 Å². The maximum Gasteiger partial charge on any atom is 0.247 e. The molecule has 1 atom stereocenters. The molecule has 0 bridgehead atoms. The second-order valence-electron chi connectivity index (χ2n) is 9.42. The molecule has 0 spiro atoms. The van der Waals surface area contributed by atoms with E-state index in [2.05, 4.69) is 59.9 Å². The van der Waals surface area contributed by atoms with E-state index in [-0.39, 0.29) is 18.2 Å². The third-order valence-electron chi connectivity index (χ3n) is 6.92. The van der Waals surface area contributed by atoms with Crippen LogP contribution in [0.3, 0.4) is 0 Å². The molecule has 0 heterocycles. The van der Waals surface area contributed by atoms with Crippen LogP contribution >= 0.6 is 0 Å². The summed E-state index contributed by atoms with van der Waals surface area (Å²) in [6, 6.07) is 28.1. The van der Waals surface area contributed by atoms with Gasteiger partial charge in [0.25, 0.3) is 0 Å². The summed E-state index contributed by atoms with van der Waals surface area (Å²) in [5.74, 6) is -0.533. The molecule has 182 valence electrons. The largest absolute Gasteiger partial charge is 0.394 e. The van der Waals surface area contributed by atoms with Gasteiger partial charge in [-0.3, -0.25) is 9.59 Å². The SMILES string of the molecule is CN(Cc1ccccc1)C(=O)[C@H](CO)NC(=O)CCCc1ccc2ccc3cccc4ccc1c2c34. The van der Waals surface area contributed by atoms with Gasteiger partial charge in [0.1, 0.15) is 6.04 Å². The molecule has 5 rings (SSSR count). The zero-order valence-corrected chi connectivity index (χ0v) is 20.4. The van der Waals surface area contributed by atoms with Crippen molar-refractivity contribution in [3.63, 3.8) is 0 Å². The molecule has 0 unspecified atom stereocenters. The molecule has 0 aliphatic rings. The molecule has 5 aromatic carbocycles. The highest BCUT2D eigenvalue weighted by Crippen LogP contribution is 2.36. The van der Waals surface area contributed by atoms with Gasteiger partial charge in [0, 0.05) is 20.0 Å². The number of rotatable bonds is 9. The van der Waals surface area contributed by atoms with Crippen LogP contribution in [0.25, 0.3) is 32.3 Å². The first kappa shape index (κ1) is 23.8. The number of aryl methyl sites for hydroxylation is 1. The van der Waals surface area contributed by atoms with Crippen molar-refractivity contribution in [1.82, 2.24) is 10.2 Å². The summed E-state index contributed by atoms with van der Waals surface area (Å²) in [7, 11) is 1.68. The van der Waals surface area contributed by atoms with Crippen molar-refractivity contribution in [1.29, 1.82) is 0 Å². The highest BCUT2D eigenvalue weighted by molar-refractivity contribution is 6.23.